The molecule has 0 amide bonds. The monoisotopic (exact) mass is 347 g/mol. The van der Waals surface area contributed by atoms with E-state index in [1.54, 1.807) is 6.92 Å². The van der Waals surface area contributed by atoms with Gasteiger partial charge in [-0.15, -0.1) is 0 Å². The number of hydrogen-bond donors (Lipinski definition) is 1. The molecule has 130 valence electrons. The van der Waals surface area contributed by atoms with Crippen LogP contribution in [0.3, 0.4) is 0 Å². The van der Waals surface area contributed by atoms with Crippen LogP contribution in [0.25, 0.3) is 10.9 Å². The fraction of sp³-hybridized carbons (Fsp3) is 0.150. The standard InChI is InChI=1S/C20H17N3O3/c1-13-20(23(24)25)19(26-22-13)11-16(14-7-3-2-4-8-14)17-12-21-18-10-6-5-9-15(17)18/h2-10,12,16,21H,11H2,1H3. The third-order valence-corrected chi connectivity index (χ3v) is 4.67. The van der Waals surface area contributed by atoms with Gasteiger partial charge in [0.2, 0.25) is 5.76 Å². The van der Waals surface area contributed by atoms with E-state index in [0.717, 1.165) is 22.0 Å². The fourth-order valence-corrected chi connectivity index (χ4v) is 3.44. The molecule has 2 aromatic heterocycles. The molecule has 1 N–H and O–H groups in total. The van der Waals surface area contributed by atoms with Crippen molar-refractivity contribution in [2.24, 2.45) is 0 Å². The topological polar surface area (TPSA) is 85.0 Å². The summed E-state index contributed by atoms with van der Waals surface area (Å²) < 4.78 is 5.32. The molecule has 0 aliphatic carbocycles. The highest BCUT2D eigenvalue weighted by Crippen LogP contribution is 2.36. The average Bonchev–Trinajstić information content (AvgIpc) is 3.24. The summed E-state index contributed by atoms with van der Waals surface area (Å²) in [5, 5.41) is 16.3. The number of benzene rings is 2. The predicted molar refractivity (Wildman–Crippen MR) is 98.2 cm³/mol. The lowest BCUT2D eigenvalue weighted by Crippen LogP contribution is -2.06. The summed E-state index contributed by atoms with van der Waals surface area (Å²) in [6.45, 7) is 1.59. The van der Waals surface area contributed by atoms with Gasteiger partial charge in [-0.25, -0.2) is 0 Å². The third-order valence-electron chi connectivity index (χ3n) is 4.67. The molecule has 0 fully saturated rings. The molecule has 2 heterocycles. The van der Waals surface area contributed by atoms with Gasteiger partial charge in [0.25, 0.3) is 0 Å². The van der Waals surface area contributed by atoms with Gasteiger partial charge >= 0.3 is 5.69 Å². The Morgan fingerprint density at radius 2 is 1.88 bits per heavy atom. The van der Waals surface area contributed by atoms with Gasteiger partial charge in [-0.05, 0) is 24.1 Å². The van der Waals surface area contributed by atoms with Crippen LogP contribution in [0, 0.1) is 17.0 Å². The van der Waals surface area contributed by atoms with Crippen molar-refractivity contribution in [3.05, 3.63) is 93.5 Å². The Bertz CT molecular complexity index is 1070. The van der Waals surface area contributed by atoms with E-state index < -0.39 is 4.92 Å². The Morgan fingerprint density at radius 3 is 2.65 bits per heavy atom. The number of fused-ring (bicyclic) bond motifs is 1. The number of rotatable bonds is 5. The van der Waals surface area contributed by atoms with Gasteiger partial charge in [0, 0.05) is 29.4 Å². The van der Waals surface area contributed by atoms with Crippen molar-refractivity contribution in [2.75, 3.05) is 0 Å². The Hall–Kier alpha value is -3.41. The maximum Gasteiger partial charge on any atom is 0.334 e. The van der Waals surface area contributed by atoms with Crippen LogP contribution in [-0.2, 0) is 6.42 Å². The summed E-state index contributed by atoms with van der Waals surface area (Å²) in [7, 11) is 0. The van der Waals surface area contributed by atoms with E-state index in [0.29, 0.717) is 17.9 Å². The number of para-hydroxylation sites is 1. The minimum absolute atomic E-state index is 0.0363. The highest BCUT2D eigenvalue weighted by molar-refractivity contribution is 5.84. The normalized spacial score (nSPS) is 12.3. The molecule has 0 saturated carbocycles. The summed E-state index contributed by atoms with van der Waals surface area (Å²) in [5.74, 6) is 0.213. The first-order valence-corrected chi connectivity index (χ1v) is 8.35. The first-order chi connectivity index (χ1) is 12.6. The van der Waals surface area contributed by atoms with Gasteiger partial charge in [0.1, 0.15) is 0 Å². The molecule has 26 heavy (non-hydrogen) atoms. The zero-order chi connectivity index (χ0) is 18.1. The Balaban J connectivity index is 1.84. The Morgan fingerprint density at radius 1 is 1.15 bits per heavy atom. The number of nitrogens with one attached hydrogen (secondary N) is 1. The van der Waals surface area contributed by atoms with Crippen LogP contribution < -0.4 is 0 Å². The Kier molecular flexibility index (Phi) is 4.01. The van der Waals surface area contributed by atoms with Crippen molar-refractivity contribution in [1.29, 1.82) is 0 Å². The third kappa shape index (κ3) is 2.75. The molecule has 1 atom stereocenters. The van der Waals surface area contributed by atoms with E-state index in [9.17, 15) is 10.1 Å². The van der Waals surface area contributed by atoms with E-state index in [1.807, 2.05) is 54.7 Å². The van der Waals surface area contributed by atoms with Crippen LogP contribution >= 0.6 is 0 Å². The molecule has 0 saturated heterocycles. The number of aromatic amines is 1. The lowest BCUT2D eigenvalue weighted by molar-refractivity contribution is -0.386. The zero-order valence-corrected chi connectivity index (χ0v) is 14.2. The van der Waals surface area contributed by atoms with Gasteiger partial charge < -0.3 is 9.51 Å². The zero-order valence-electron chi connectivity index (χ0n) is 14.2. The van der Waals surface area contributed by atoms with Crippen LogP contribution in [0.1, 0.15) is 28.5 Å². The van der Waals surface area contributed by atoms with E-state index in [4.69, 9.17) is 4.52 Å². The predicted octanol–water partition coefficient (Wildman–Crippen LogP) is 4.75. The van der Waals surface area contributed by atoms with Gasteiger partial charge in [-0.2, -0.15) is 0 Å². The van der Waals surface area contributed by atoms with Gasteiger partial charge in [0.05, 0.1) is 4.92 Å². The molecule has 4 rings (SSSR count). The average molecular weight is 347 g/mol. The molecule has 0 spiro atoms. The quantitative estimate of drug-likeness (QED) is 0.417. The van der Waals surface area contributed by atoms with Crippen molar-refractivity contribution in [3.8, 4) is 0 Å². The molecule has 6 nitrogen and oxygen atoms in total. The second-order valence-electron chi connectivity index (χ2n) is 6.25. The minimum Gasteiger partial charge on any atom is -0.361 e. The SMILES string of the molecule is Cc1noc(CC(c2ccccc2)c2c[nH]c3ccccc23)c1[N+](=O)[O-]. The summed E-state index contributed by atoms with van der Waals surface area (Å²) in [6.07, 6.45) is 2.33. The van der Waals surface area contributed by atoms with Crippen LogP contribution in [-0.4, -0.2) is 15.1 Å². The molecular weight excluding hydrogens is 330 g/mol. The van der Waals surface area contributed by atoms with Crippen LogP contribution in [0.2, 0.25) is 0 Å². The molecule has 2 aromatic carbocycles. The summed E-state index contributed by atoms with van der Waals surface area (Å²) in [4.78, 5) is 14.3. The van der Waals surface area contributed by atoms with Crippen LogP contribution in [0.5, 0.6) is 0 Å². The van der Waals surface area contributed by atoms with Crippen LogP contribution in [0.15, 0.2) is 65.3 Å². The molecule has 0 aliphatic heterocycles. The lowest BCUT2D eigenvalue weighted by Gasteiger charge is -2.15. The van der Waals surface area contributed by atoms with Crippen molar-refractivity contribution >= 4 is 16.6 Å². The van der Waals surface area contributed by atoms with E-state index in [-0.39, 0.29) is 11.6 Å². The van der Waals surface area contributed by atoms with Gasteiger partial charge in [-0.3, -0.25) is 10.1 Å². The molecule has 0 aliphatic rings. The molecular formula is C20H17N3O3. The largest absolute Gasteiger partial charge is 0.361 e. The maximum absolute atomic E-state index is 11.4. The van der Waals surface area contributed by atoms with E-state index in [2.05, 4.69) is 16.2 Å². The van der Waals surface area contributed by atoms with Crippen LogP contribution in [0.4, 0.5) is 5.69 Å². The van der Waals surface area contributed by atoms with E-state index >= 15 is 0 Å². The first-order valence-electron chi connectivity index (χ1n) is 8.35. The number of aromatic nitrogens is 2. The summed E-state index contributed by atoms with van der Waals surface area (Å²) >= 11 is 0. The van der Waals surface area contributed by atoms with Gasteiger partial charge in [-0.1, -0.05) is 53.7 Å². The first kappa shape index (κ1) is 16.1. The molecule has 4 aromatic rings. The smallest absolute Gasteiger partial charge is 0.334 e. The van der Waals surface area contributed by atoms with Crippen molar-refractivity contribution < 1.29 is 9.45 Å². The molecule has 0 bridgehead atoms. The molecule has 0 radical (unpaired) electrons. The number of hydrogen-bond acceptors (Lipinski definition) is 4. The number of nitrogens with zero attached hydrogens (tertiary/aromatic N) is 2. The summed E-state index contributed by atoms with van der Waals surface area (Å²) in [6, 6.07) is 18.0. The summed E-state index contributed by atoms with van der Waals surface area (Å²) in [5.41, 5.74) is 3.45. The highest BCUT2D eigenvalue weighted by atomic mass is 16.6. The number of aryl methyl sites for hydroxylation is 1. The molecule has 6 heteroatoms. The second kappa shape index (κ2) is 6.48. The lowest BCUT2D eigenvalue weighted by atomic mass is 9.87. The minimum atomic E-state index is -0.418. The Labute approximate surface area is 149 Å². The van der Waals surface area contributed by atoms with Gasteiger partial charge in [0.15, 0.2) is 5.69 Å². The highest BCUT2D eigenvalue weighted by Gasteiger charge is 2.29. The van der Waals surface area contributed by atoms with Crippen molar-refractivity contribution in [3.63, 3.8) is 0 Å². The second-order valence-corrected chi connectivity index (χ2v) is 6.25. The number of H-pyrrole nitrogens is 1. The molecule has 1 unspecified atom stereocenters. The maximum atomic E-state index is 11.4. The van der Waals surface area contributed by atoms with Crippen molar-refractivity contribution in [2.45, 2.75) is 19.3 Å². The van der Waals surface area contributed by atoms with E-state index in [1.165, 1.54) is 0 Å². The fourth-order valence-electron chi connectivity index (χ4n) is 3.44. The number of nitro groups is 1. The van der Waals surface area contributed by atoms with Crippen molar-refractivity contribution in [1.82, 2.24) is 10.1 Å².